The molecule has 1 aromatic carbocycles. The Labute approximate surface area is 121 Å². The molecule has 0 saturated carbocycles. The van der Waals surface area contributed by atoms with Crippen molar-refractivity contribution in [1.82, 2.24) is 15.3 Å². The van der Waals surface area contributed by atoms with Crippen molar-refractivity contribution in [2.75, 3.05) is 25.5 Å². The number of benzene rings is 1. The Kier molecular flexibility index (Phi) is 5.03. The first-order valence-corrected chi connectivity index (χ1v) is 6.32. The quantitative estimate of drug-likeness (QED) is 0.788. The largest absolute Gasteiger partial charge is 0.496 e. The Morgan fingerprint density at radius 1 is 1.33 bits per heavy atom. The van der Waals surface area contributed by atoms with E-state index < -0.39 is 11.7 Å². The Hall–Kier alpha value is -2.70. The van der Waals surface area contributed by atoms with Crippen LogP contribution in [-0.4, -0.2) is 36.1 Å². The zero-order valence-corrected chi connectivity index (χ0v) is 11.5. The minimum atomic E-state index is -0.487. The zero-order chi connectivity index (χ0) is 15.1. The highest BCUT2D eigenvalue weighted by Gasteiger charge is 2.12. The molecule has 0 atom stereocenters. The molecule has 0 aliphatic rings. The average Bonchev–Trinajstić information content (AvgIpc) is 2.52. The summed E-state index contributed by atoms with van der Waals surface area (Å²) < 4.78 is 18.2. The van der Waals surface area contributed by atoms with Crippen LogP contribution in [0.3, 0.4) is 0 Å². The number of rotatable bonds is 6. The highest BCUT2D eigenvalue weighted by molar-refractivity contribution is 5.96. The predicted octanol–water partition coefficient (Wildman–Crippen LogP) is 1.47. The number of aromatic nitrogens is 2. The fourth-order valence-electron chi connectivity index (χ4n) is 1.71. The van der Waals surface area contributed by atoms with E-state index in [1.807, 2.05) is 0 Å². The molecule has 1 aromatic heterocycles. The molecule has 110 valence electrons. The van der Waals surface area contributed by atoms with Gasteiger partial charge in [-0.15, -0.1) is 0 Å². The first-order valence-electron chi connectivity index (χ1n) is 6.32. The monoisotopic (exact) mass is 290 g/mol. The number of nitrogens with zero attached hydrogens (tertiary/aromatic N) is 2. The summed E-state index contributed by atoms with van der Waals surface area (Å²) in [5, 5.41) is 5.67. The van der Waals surface area contributed by atoms with Crippen LogP contribution in [0.4, 0.5) is 10.2 Å². The van der Waals surface area contributed by atoms with Crippen molar-refractivity contribution in [2.24, 2.45) is 0 Å². The van der Waals surface area contributed by atoms with Crippen LogP contribution in [0.25, 0.3) is 0 Å². The lowest BCUT2D eigenvalue weighted by Crippen LogP contribution is -2.29. The van der Waals surface area contributed by atoms with Crippen molar-refractivity contribution >= 4 is 11.7 Å². The van der Waals surface area contributed by atoms with Crippen LogP contribution in [0.2, 0.25) is 0 Å². The second-order valence-electron chi connectivity index (χ2n) is 4.12. The summed E-state index contributed by atoms with van der Waals surface area (Å²) in [6.45, 7) is 0.830. The van der Waals surface area contributed by atoms with Crippen LogP contribution in [-0.2, 0) is 0 Å². The third-order valence-electron chi connectivity index (χ3n) is 2.69. The molecular formula is C14H15FN4O2. The van der Waals surface area contributed by atoms with E-state index in [9.17, 15) is 9.18 Å². The van der Waals surface area contributed by atoms with Gasteiger partial charge in [0.25, 0.3) is 5.91 Å². The number of ether oxygens (including phenoxy) is 1. The Morgan fingerprint density at radius 3 is 2.90 bits per heavy atom. The Morgan fingerprint density at radius 2 is 2.19 bits per heavy atom. The summed E-state index contributed by atoms with van der Waals surface area (Å²) in [4.78, 5) is 19.9. The molecule has 6 nitrogen and oxygen atoms in total. The molecule has 2 aromatic rings. The molecule has 0 aliphatic carbocycles. The van der Waals surface area contributed by atoms with Crippen LogP contribution in [0.5, 0.6) is 5.75 Å². The van der Waals surface area contributed by atoms with E-state index in [4.69, 9.17) is 4.74 Å². The van der Waals surface area contributed by atoms with Gasteiger partial charge >= 0.3 is 0 Å². The number of amides is 1. The van der Waals surface area contributed by atoms with Gasteiger partial charge in [-0.25, -0.2) is 9.37 Å². The van der Waals surface area contributed by atoms with Gasteiger partial charge in [0.15, 0.2) is 0 Å². The fraction of sp³-hybridized carbons (Fsp3) is 0.214. The summed E-state index contributed by atoms with van der Waals surface area (Å²) in [5.41, 5.74) is 0.164. The van der Waals surface area contributed by atoms with E-state index in [1.54, 1.807) is 18.6 Å². The summed E-state index contributed by atoms with van der Waals surface area (Å²) in [5.74, 6) is 0.0665. The smallest absolute Gasteiger partial charge is 0.255 e. The lowest BCUT2D eigenvalue weighted by atomic mass is 10.2. The maximum Gasteiger partial charge on any atom is 0.255 e. The van der Waals surface area contributed by atoms with Crippen LogP contribution in [0, 0.1) is 5.82 Å². The zero-order valence-electron chi connectivity index (χ0n) is 11.5. The van der Waals surface area contributed by atoms with Crippen LogP contribution in [0.15, 0.2) is 36.8 Å². The van der Waals surface area contributed by atoms with Gasteiger partial charge in [-0.1, -0.05) is 0 Å². The highest BCUT2D eigenvalue weighted by Crippen LogP contribution is 2.18. The Balaban J connectivity index is 1.86. The van der Waals surface area contributed by atoms with E-state index in [0.29, 0.717) is 24.7 Å². The van der Waals surface area contributed by atoms with E-state index in [2.05, 4.69) is 20.6 Å². The summed E-state index contributed by atoms with van der Waals surface area (Å²) >= 11 is 0. The van der Waals surface area contributed by atoms with Crippen LogP contribution < -0.4 is 15.4 Å². The molecule has 1 heterocycles. The number of hydrogen-bond donors (Lipinski definition) is 2. The first-order chi connectivity index (χ1) is 10.2. The van der Waals surface area contributed by atoms with Crippen molar-refractivity contribution in [1.29, 1.82) is 0 Å². The number of halogens is 1. The third-order valence-corrected chi connectivity index (χ3v) is 2.69. The molecule has 0 fully saturated rings. The average molecular weight is 290 g/mol. The number of nitrogens with one attached hydrogen (secondary N) is 2. The molecule has 2 N–H and O–H groups in total. The van der Waals surface area contributed by atoms with Crippen LogP contribution in [0.1, 0.15) is 10.4 Å². The van der Waals surface area contributed by atoms with Gasteiger partial charge in [-0.05, 0) is 18.2 Å². The number of anilines is 1. The predicted molar refractivity (Wildman–Crippen MR) is 75.8 cm³/mol. The maximum absolute atomic E-state index is 13.2. The van der Waals surface area contributed by atoms with Crippen molar-refractivity contribution in [2.45, 2.75) is 0 Å². The molecule has 0 saturated heterocycles. The van der Waals surface area contributed by atoms with Crippen molar-refractivity contribution in [3.8, 4) is 5.75 Å². The number of carbonyl (C=O) groups excluding carboxylic acids is 1. The number of hydrogen-bond acceptors (Lipinski definition) is 5. The van der Waals surface area contributed by atoms with Gasteiger partial charge in [0.1, 0.15) is 17.4 Å². The lowest BCUT2D eigenvalue weighted by Gasteiger charge is -2.10. The van der Waals surface area contributed by atoms with Gasteiger partial charge in [0.2, 0.25) is 0 Å². The minimum Gasteiger partial charge on any atom is -0.496 e. The van der Waals surface area contributed by atoms with Crippen molar-refractivity contribution < 1.29 is 13.9 Å². The Bertz CT molecular complexity index is 607. The lowest BCUT2D eigenvalue weighted by molar-refractivity contribution is 0.0951. The normalized spacial score (nSPS) is 10.0. The molecule has 21 heavy (non-hydrogen) atoms. The maximum atomic E-state index is 13.2. The van der Waals surface area contributed by atoms with Crippen LogP contribution >= 0.6 is 0 Å². The third kappa shape index (κ3) is 4.13. The molecule has 7 heteroatoms. The molecule has 2 rings (SSSR count). The van der Waals surface area contributed by atoms with Gasteiger partial charge in [0, 0.05) is 25.5 Å². The van der Waals surface area contributed by atoms with Gasteiger partial charge in [-0.2, -0.15) is 0 Å². The van der Waals surface area contributed by atoms with Gasteiger partial charge < -0.3 is 15.4 Å². The second kappa shape index (κ2) is 7.18. The minimum absolute atomic E-state index is 0.164. The molecule has 0 unspecified atom stereocenters. The molecule has 0 spiro atoms. The summed E-state index contributed by atoms with van der Waals surface area (Å²) in [6.07, 6.45) is 4.72. The van der Waals surface area contributed by atoms with E-state index in [-0.39, 0.29) is 5.56 Å². The molecule has 1 amide bonds. The van der Waals surface area contributed by atoms with E-state index >= 15 is 0 Å². The summed E-state index contributed by atoms with van der Waals surface area (Å²) in [7, 11) is 1.43. The summed E-state index contributed by atoms with van der Waals surface area (Å²) in [6, 6.07) is 3.80. The number of carbonyl (C=O) groups is 1. The molecule has 0 aliphatic heterocycles. The van der Waals surface area contributed by atoms with Crippen molar-refractivity contribution in [3.63, 3.8) is 0 Å². The van der Waals surface area contributed by atoms with E-state index in [0.717, 1.165) is 6.07 Å². The molecule has 0 bridgehead atoms. The fourth-order valence-corrected chi connectivity index (χ4v) is 1.71. The van der Waals surface area contributed by atoms with Gasteiger partial charge in [0.05, 0.1) is 18.9 Å². The topological polar surface area (TPSA) is 76.1 Å². The van der Waals surface area contributed by atoms with E-state index in [1.165, 1.54) is 19.2 Å². The number of methoxy groups -OCH3 is 1. The second-order valence-corrected chi connectivity index (χ2v) is 4.12. The molecule has 0 radical (unpaired) electrons. The highest BCUT2D eigenvalue weighted by atomic mass is 19.1. The first kappa shape index (κ1) is 14.7. The molecular weight excluding hydrogens is 275 g/mol. The van der Waals surface area contributed by atoms with Gasteiger partial charge in [-0.3, -0.25) is 9.78 Å². The SMILES string of the molecule is COc1ccc(F)cc1C(=O)NCCNc1cnccn1. The standard InChI is InChI=1S/C14H15FN4O2/c1-21-12-3-2-10(15)8-11(12)14(20)19-7-6-18-13-9-16-4-5-17-13/h2-5,8-9H,6-7H2,1H3,(H,17,18)(H,19,20). The van der Waals surface area contributed by atoms with Crippen molar-refractivity contribution in [3.05, 3.63) is 48.2 Å².